The van der Waals surface area contributed by atoms with Crippen molar-refractivity contribution in [3.63, 3.8) is 0 Å². The van der Waals surface area contributed by atoms with E-state index in [0.29, 0.717) is 5.56 Å². The fraction of sp³-hybridized carbons (Fsp3) is 0.118. The van der Waals surface area contributed by atoms with Crippen LogP contribution < -0.4 is 4.74 Å². The Morgan fingerprint density at radius 3 is 2.40 bits per heavy atom. The molecule has 0 fully saturated rings. The highest BCUT2D eigenvalue weighted by Crippen LogP contribution is 2.21. The van der Waals surface area contributed by atoms with Crippen LogP contribution in [-0.2, 0) is 4.79 Å². The molecule has 0 aliphatic rings. The van der Waals surface area contributed by atoms with Crippen molar-refractivity contribution >= 4 is 17.6 Å². The van der Waals surface area contributed by atoms with Crippen molar-refractivity contribution in [2.45, 2.75) is 6.92 Å². The van der Waals surface area contributed by atoms with Gasteiger partial charge in [0.15, 0.2) is 0 Å². The number of aliphatic carboxylic acids is 1. The van der Waals surface area contributed by atoms with Crippen LogP contribution in [0.5, 0.6) is 5.75 Å². The highest BCUT2D eigenvalue weighted by atomic mass is 16.5. The summed E-state index contributed by atoms with van der Waals surface area (Å²) in [5.41, 5.74) is 2.83. The number of ether oxygens (including phenoxy) is 1. The van der Waals surface area contributed by atoms with Crippen LogP contribution in [0.1, 0.15) is 16.7 Å². The molecule has 0 saturated carbocycles. The van der Waals surface area contributed by atoms with Gasteiger partial charge in [-0.05, 0) is 36.3 Å². The molecule has 0 bridgehead atoms. The summed E-state index contributed by atoms with van der Waals surface area (Å²) in [4.78, 5) is 11.4. The van der Waals surface area contributed by atoms with Gasteiger partial charge in [-0.15, -0.1) is 0 Å². The molecule has 0 atom stereocenters. The van der Waals surface area contributed by atoms with E-state index in [-0.39, 0.29) is 5.57 Å². The number of carboxylic acid groups (broad SMARTS) is 1. The standard InChI is InChI=1S/C17H16O3/c1-12-4-3-5-14(10-12)16(17(18)19)11-13-6-8-15(20-2)9-7-13/h3-11H,1-2H3,(H,18,19)/b16-11+. The monoisotopic (exact) mass is 268 g/mol. The first-order valence-electron chi connectivity index (χ1n) is 6.26. The first-order valence-corrected chi connectivity index (χ1v) is 6.26. The molecule has 0 aromatic heterocycles. The van der Waals surface area contributed by atoms with Crippen LogP contribution in [0.2, 0.25) is 0 Å². The summed E-state index contributed by atoms with van der Waals surface area (Å²) >= 11 is 0. The largest absolute Gasteiger partial charge is 0.497 e. The quantitative estimate of drug-likeness (QED) is 0.680. The number of aryl methyl sites for hydroxylation is 1. The topological polar surface area (TPSA) is 46.5 Å². The van der Waals surface area contributed by atoms with E-state index in [0.717, 1.165) is 16.9 Å². The van der Waals surface area contributed by atoms with E-state index >= 15 is 0 Å². The van der Waals surface area contributed by atoms with Gasteiger partial charge in [0.05, 0.1) is 12.7 Å². The van der Waals surface area contributed by atoms with Crippen LogP contribution in [0, 0.1) is 6.92 Å². The molecule has 0 radical (unpaired) electrons. The summed E-state index contributed by atoms with van der Waals surface area (Å²) in [5, 5.41) is 9.39. The first kappa shape index (κ1) is 13.9. The molecule has 0 aliphatic carbocycles. The van der Waals surface area contributed by atoms with Gasteiger partial charge >= 0.3 is 5.97 Å². The highest BCUT2D eigenvalue weighted by molar-refractivity contribution is 6.20. The summed E-state index contributed by atoms with van der Waals surface area (Å²) in [6.07, 6.45) is 1.66. The molecule has 0 heterocycles. The maximum absolute atomic E-state index is 11.4. The van der Waals surface area contributed by atoms with Crippen molar-refractivity contribution in [2.24, 2.45) is 0 Å². The molecule has 3 nitrogen and oxygen atoms in total. The van der Waals surface area contributed by atoms with Crippen LogP contribution in [0.4, 0.5) is 0 Å². The lowest BCUT2D eigenvalue weighted by Crippen LogP contribution is -1.99. The number of benzene rings is 2. The number of hydrogen-bond donors (Lipinski definition) is 1. The van der Waals surface area contributed by atoms with E-state index in [9.17, 15) is 9.90 Å². The number of hydrogen-bond acceptors (Lipinski definition) is 2. The molecule has 20 heavy (non-hydrogen) atoms. The van der Waals surface area contributed by atoms with Gasteiger partial charge in [-0.25, -0.2) is 4.79 Å². The molecule has 0 spiro atoms. The van der Waals surface area contributed by atoms with Crippen LogP contribution >= 0.6 is 0 Å². The molecule has 102 valence electrons. The van der Waals surface area contributed by atoms with Crippen molar-refractivity contribution in [3.05, 3.63) is 65.2 Å². The van der Waals surface area contributed by atoms with E-state index in [1.807, 2.05) is 49.4 Å². The van der Waals surface area contributed by atoms with Gasteiger partial charge in [0.1, 0.15) is 5.75 Å². The number of rotatable bonds is 4. The Kier molecular flexibility index (Phi) is 4.20. The van der Waals surface area contributed by atoms with Crippen LogP contribution in [-0.4, -0.2) is 18.2 Å². The minimum atomic E-state index is -0.939. The molecule has 0 amide bonds. The molecule has 0 saturated heterocycles. The maximum atomic E-state index is 11.4. The zero-order valence-corrected chi connectivity index (χ0v) is 11.5. The van der Waals surface area contributed by atoms with Gasteiger partial charge in [0, 0.05) is 0 Å². The lowest BCUT2D eigenvalue weighted by molar-refractivity contribution is -0.130. The second-order valence-corrected chi connectivity index (χ2v) is 4.51. The smallest absolute Gasteiger partial charge is 0.336 e. The fourth-order valence-electron chi connectivity index (χ4n) is 1.95. The molecule has 0 aliphatic heterocycles. The van der Waals surface area contributed by atoms with Gasteiger partial charge in [-0.1, -0.05) is 42.0 Å². The summed E-state index contributed by atoms with van der Waals surface area (Å²) in [5.74, 6) is -0.194. The van der Waals surface area contributed by atoms with Crippen LogP contribution in [0.15, 0.2) is 48.5 Å². The van der Waals surface area contributed by atoms with E-state index < -0.39 is 5.97 Å². The number of carbonyl (C=O) groups is 1. The van der Waals surface area contributed by atoms with Gasteiger partial charge in [-0.3, -0.25) is 0 Å². The Morgan fingerprint density at radius 1 is 1.15 bits per heavy atom. The molecule has 1 N–H and O–H groups in total. The van der Waals surface area contributed by atoms with Gasteiger partial charge in [-0.2, -0.15) is 0 Å². The predicted molar refractivity (Wildman–Crippen MR) is 79.7 cm³/mol. The van der Waals surface area contributed by atoms with E-state index in [1.54, 1.807) is 19.3 Å². The Balaban J connectivity index is 2.42. The lowest BCUT2D eigenvalue weighted by atomic mass is 10.0. The van der Waals surface area contributed by atoms with Crippen molar-refractivity contribution < 1.29 is 14.6 Å². The van der Waals surface area contributed by atoms with Crippen molar-refractivity contribution in [3.8, 4) is 5.75 Å². The lowest BCUT2D eigenvalue weighted by Gasteiger charge is -2.05. The van der Waals surface area contributed by atoms with E-state index in [2.05, 4.69) is 0 Å². The second-order valence-electron chi connectivity index (χ2n) is 4.51. The van der Waals surface area contributed by atoms with Crippen molar-refractivity contribution in [1.82, 2.24) is 0 Å². The third kappa shape index (κ3) is 3.26. The molecule has 0 unspecified atom stereocenters. The summed E-state index contributed by atoms with van der Waals surface area (Å²) in [6, 6.07) is 14.7. The minimum absolute atomic E-state index is 0.277. The average Bonchev–Trinajstić information content (AvgIpc) is 2.45. The van der Waals surface area contributed by atoms with Crippen LogP contribution in [0.3, 0.4) is 0 Å². The Bertz CT molecular complexity index is 640. The SMILES string of the molecule is COc1ccc(/C=C(/C(=O)O)c2cccc(C)c2)cc1. The fourth-order valence-corrected chi connectivity index (χ4v) is 1.95. The summed E-state index contributed by atoms with van der Waals surface area (Å²) in [6.45, 7) is 1.94. The maximum Gasteiger partial charge on any atom is 0.336 e. The molecular weight excluding hydrogens is 252 g/mol. The zero-order chi connectivity index (χ0) is 14.5. The van der Waals surface area contributed by atoms with E-state index in [1.165, 1.54) is 0 Å². The van der Waals surface area contributed by atoms with Crippen LogP contribution in [0.25, 0.3) is 11.6 Å². The zero-order valence-electron chi connectivity index (χ0n) is 11.5. The highest BCUT2D eigenvalue weighted by Gasteiger charge is 2.10. The predicted octanol–water partition coefficient (Wildman–Crippen LogP) is 3.63. The summed E-state index contributed by atoms with van der Waals surface area (Å²) < 4.78 is 5.08. The Labute approximate surface area is 118 Å². The molecular formula is C17H16O3. The van der Waals surface area contributed by atoms with Gasteiger partial charge in [0.2, 0.25) is 0 Å². The number of methoxy groups -OCH3 is 1. The molecule has 2 aromatic carbocycles. The summed E-state index contributed by atoms with van der Waals surface area (Å²) in [7, 11) is 1.60. The first-order chi connectivity index (χ1) is 9.60. The number of carboxylic acids is 1. The Morgan fingerprint density at radius 2 is 1.85 bits per heavy atom. The van der Waals surface area contributed by atoms with E-state index in [4.69, 9.17) is 4.74 Å². The molecule has 3 heteroatoms. The second kappa shape index (κ2) is 6.06. The van der Waals surface area contributed by atoms with Gasteiger partial charge < -0.3 is 9.84 Å². The van der Waals surface area contributed by atoms with Gasteiger partial charge in [0.25, 0.3) is 0 Å². The molecule has 2 aromatic rings. The third-order valence-corrected chi connectivity index (χ3v) is 2.99. The average molecular weight is 268 g/mol. The minimum Gasteiger partial charge on any atom is -0.497 e. The normalized spacial score (nSPS) is 11.2. The molecule has 2 rings (SSSR count). The van der Waals surface area contributed by atoms with Crippen molar-refractivity contribution in [2.75, 3.05) is 7.11 Å². The third-order valence-electron chi connectivity index (χ3n) is 2.99. The van der Waals surface area contributed by atoms with Crippen molar-refractivity contribution in [1.29, 1.82) is 0 Å². The Hall–Kier alpha value is -2.55.